The number of hydrogen-bond acceptors (Lipinski definition) is 1. The van der Waals surface area contributed by atoms with Crippen LogP contribution in [0.25, 0.3) is 60.9 Å². The first-order valence-electron chi connectivity index (χ1n) is 17.9. The molecular formula is C49H36N2. The maximum absolute atomic E-state index is 2.45. The zero-order valence-electron chi connectivity index (χ0n) is 28.5. The molecule has 2 nitrogen and oxygen atoms in total. The fourth-order valence-electron chi connectivity index (χ4n) is 8.30. The first-order chi connectivity index (χ1) is 25.2. The Labute approximate surface area is 298 Å². The van der Waals surface area contributed by atoms with Crippen LogP contribution in [-0.4, -0.2) is 4.57 Å². The van der Waals surface area contributed by atoms with Crippen LogP contribution in [0.3, 0.4) is 0 Å². The smallest absolute Gasteiger partial charge is 0.0541 e. The zero-order valence-corrected chi connectivity index (χ0v) is 28.5. The summed E-state index contributed by atoms with van der Waals surface area (Å²) in [5.41, 5.74) is 17.7. The first kappa shape index (κ1) is 29.5. The molecule has 0 bridgehead atoms. The maximum Gasteiger partial charge on any atom is 0.0541 e. The van der Waals surface area contributed by atoms with E-state index in [1.165, 1.54) is 83.4 Å². The van der Waals surface area contributed by atoms with Gasteiger partial charge in [-0.15, -0.1) is 0 Å². The Bertz CT molecular complexity index is 2660. The molecule has 2 aliphatic rings. The van der Waals surface area contributed by atoms with Crippen molar-refractivity contribution in [1.29, 1.82) is 0 Å². The van der Waals surface area contributed by atoms with Gasteiger partial charge in [0.2, 0.25) is 0 Å². The lowest BCUT2D eigenvalue weighted by Gasteiger charge is -2.25. The second-order valence-corrected chi connectivity index (χ2v) is 13.9. The molecule has 51 heavy (non-hydrogen) atoms. The van der Waals surface area contributed by atoms with Crippen molar-refractivity contribution < 1.29 is 0 Å². The minimum Gasteiger partial charge on any atom is -0.313 e. The van der Waals surface area contributed by atoms with Crippen LogP contribution in [0.1, 0.15) is 24.8 Å². The minimum absolute atomic E-state index is 0.361. The van der Waals surface area contributed by atoms with Gasteiger partial charge in [-0.25, -0.2) is 0 Å². The molecule has 0 spiro atoms. The third kappa shape index (κ3) is 4.94. The van der Waals surface area contributed by atoms with E-state index in [0.717, 1.165) is 12.1 Å². The van der Waals surface area contributed by atoms with E-state index in [1.807, 2.05) is 0 Å². The second kappa shape index (κ2) is 11.9. The summed E-state index contributed by atoms with van der Waals surface area (Å²) in [5.74, 6) is 0.361. The Kier molecular flexibility index (Phi) is 6.89. The topological polar surface area (TPSA) is 8.17 Å². The van der Waals surface area contributed by atoms with E-state index in [1.54, 1.807) is 0 Å². The number of para-hydroxylation sites is 2. The molecule has 1 atom stereocenters. The lowest BCUT2D eigenvalue weighted by Crippen LogP contribution is -2.15. The van der Waals surface area contributed by atoms with E-state index < -0.39 is 0 Å². The Morgan fingerprint density at radius 3 is 1.86 bits per heavy atom. The highest BCUT2D eigenvalue weighted by Gasteiger charge is 2.36. The summed E-state index contributed by atoms with van der Waals surface area (Å²) in [4.78, 5) is 2.45. The molecule has 1 aliphatic heterocycles. The molecule has 0 N–H and O–H groups in total. The minimum atomic E-state index is 0.361. The van der Waals surface area contributed by atoms with Gasteiger partial charge in [0.15, 0.2) is 0 Å². The average molecular weight is 653 g/mol. The number of anilines is 2. The summed E-state index contributed by atoms with van der Waals surface area (Å²) < 4.78 is 2.41. The predicted octanol–water partition coefficient (Wildman–Crippen LogP) is 13.3. The van der Waals surface area contributed by atoms with Crippen molar-refractivity contribution in [2.24, 2.45) is 0 Å². The van der Waals surface area contributed by atoms with E-state index in [2.05, 4.69) is 198 Å². The molecule has 0 fully saturated rings. The first-order valence-corrected chi connectivity index (χ1v) is 17.9. The third-order valence-electron chi connectivity index (χ3n) is 10.8. The van der Waals surface area contributed by atoms with Crippen molar-refractivity contribution in [1.82, 2.24) is 4.57 Å². The molecule has 7 aromatic carbocycles. The van der Waals surface area contributed by atoms with Crippen molar-refractivity contribution in [3.05, 3.63) is 199 Å². The van der Waals surface area contributed by atoms with Crippen molar-refractivity contribution in [3.63, 3.8) is 0 Å². The average Bonchev–Trinajstić information content (AvgIpc) is 3.70. The number of hydrogen-bond donors (Lipinski definition) is 0. The highest BCUT2D eigenvalue weighted by Crippen LogP contribution is 2.52. The molecule has 1 unspecified atom stereocenters. The highest BCUT2D eigenvalue weighted by molar-refractivity contribution is 6.10. The van der Waals surface area contributed by atoms with Gasteiger partial charge in [-0.1, -0.05) is 121 Å². The lowest BCUT2D eigenvalue weighted by molar-refractivity contribution is 0.784. The van der Waals surface area contributed by atoms with Crippen LogP contribution < -0.4 is 4.90 Å². The number of rotatable bonds is 5. The molecule has 0 amide bonds. The van der Waals surface area contributed by atoms with Crippen LogP contribution in [0, 0.1) is 0 Å². The maximum atomic E-state index is 2.45. The molecule has 0 radical (unpaired) electrons. The lowest BCUT2D eigenvalue weighted by atomic mass is 9.87. The molecule has 0 saturated heterocycles. The van der Waals surface area contributed by atoms with E-state index >= 15 is 0 Å². The normalized spacial score (nSPS) is 15.1. The SMILES string of the molecule is CC1=CC=C2C(C1)c1cc(-c3ccc4c(c3)c3ccccc3n4-c3ccc(-c4cccc(-c5ccccc5)c4)cc3)ccc1N2c1ccccc1. The van der Waals surface area contributed by atoms with Gasteiger partial charge in [-0.2, -0.15) is 0 Å². The predicted molar refractivity (Wildman–Crippen MR) is 215 cm³/mol. The van der Waals surface area contributed by atoms with Crippen LogP contribution in [0.2, 0.25) is 0 Å². The van der Waals surface area contributed by atoms with Gasteiger partial charge in [0.1, 0.15) is 0 Å². The molecule has 2 heteroatoms. The number of nitrogens with zero attached hydrogens (tertiary/aromatic N) is 2. The number of fused-ring (bicyclic) bond motifs is 6. The van der Waals surface area contributed by atoms with Crippen molar-refractivity contribution >= 4 is 33.2 Å². The molecule has 0 saturated carbocycles. The largest absolute Gasteiger partial charge is 0.313 e. The molecule has 1 aliphatic carbocycles. The molecule has 1 aromatic heterocycles. The fourth-order valence-corrected chi connectivity index (χ4v) is 8.30. The van der Waals surface area contributed by atoms with Gasteiger partial charge < -0.3 is 9.47 Å². The monoisotopic (exact) mass is 652 g/mol. The molecular weight excluding hydrogens is 617 g/mol. The van der Waals surface area contributed by atoms with Gasteiger partial charge in [0.05, 0.1) is 11.0 Å². The van der Waals surface area contributed by atoms with E-state index in [0.29, 0.717) is 5.92 Å². The van der Waals surface area contributed by atoms with Crippen molar-refractivity contribution in [2.45, 2.75) is 19.3 Å². The van der Waals surface area contributed by atoms with Crippen molar-refractivity contribution in [3.8, 4) is 39.1 Å². The van der Waals surface area contributed by atoms with Gasteiger partial charge in [-0.05, 0) is 119 Å². The standard InChI is InChI=1S/C49H36N2/c1-33-19-26-47-43(29-33)45-32-39(23-28-49(45)50(47)40-15-6-3-7-16-40)38-22-27-48-44(31-38)42-17-8-9-18-46(42)51(48)41-24-20-35(21-25-41)37-14-10-13-36(30-37)34-11-4-2-5-12-34/h2-28,30-32,43H,29H2,1H3. The van der Waals surface area contributed by atoms with Gasteiger partial charge >= 0.3 is 0 Å². The fraction of sp³-hybridized carbons (Fsp3) is 0.0612. The summed E-state index contributed by atoms with van der Waals surface area (Å²) in [7, 11) is 0. The van der Waals surface area contributed by atoms with Crippen LogP contribution in [-0.2, 0) is 0 Å². The van der Waals surface area contributed by atoms with Crippen molar-refractivity contribution in [2.75, 3.05) is 4.90 Å². The summed E-state index contributed by atoms with van der Waals surface area (Å²) in [6.45, 7) is 2.25. The van der Waals surface area contributed by atoms with Gasteiger partial charge in [-0.3, -0.25) is 0 Å². The highest BCUT2D eigenvalue weighted by atomic mass is 15.2. The quantitative estimate of drug-likeness (QED) is 0.180. The van der Waals surface area contributed by atoms with Gasteiger partial charge in [0.25, 0.3) is 0 Å². The Morgan fingerprint density at radius 2 is 1.06 bits per heavy atom. The van der Waals surface area contributed by atoms with Crippen LogP contribution in [0.15, 0.2) is 193 Å². The number of allylic oxidation sites excluding steroid dienone is 4. The molecule has 8 aromatic rings. The van der Waals surface area contributed by atoms with E-state index in [-0.39, 0.29) is 0 Å². The van der Waals surface area contributed by atoms with E-state index in [9.17, 15) is 0 Å². The van der Waals surface area contributed by atoms with Gasteiger partial charge in [0, 0.05) is 39.4 Å². The molecule has 10 rings (SSSR count). The summed E-state index contributed by atoms with van der Waals surface area (Å²) in [6, 6.07) is 62.1. The molecule has 242 valence electrons. The molecule has 2 heterocycles. The number of benzene rings is 7. The summed E-state index contributed by atoms with van der Waals surface area (Å²) in [6.07, 6.45) is 5.66. The Morgan fingerprint density at radius 1 is 0.451 bits per heavy atom. The van der Waals surface area contributed by atoms with Crippen LogP contribution in [0.5, 0.6) is 0 Å². The second-order valence-electron chi connectivity index (χ2n) is 13.9. The Balaban J connectivity index is 1.04. The summed E-state index contributed by atoms with van der Waals surface area (Å²) in [5, 5.41) is 2.54. The third-order valence-corrected chi connectivity index (χ3v) is 10.8. The zero-order chi connectivity index (χ0) is 33.9. The van der Waals surface area contributed by atoms with E-state index in [4.69, 9.17) is 0 Å². The number of aromatic nitrogens is 1. The van der Waals surface area contributed by atoms with Crippen LogP contribution in [0.4, 0.5) is 11.4 Å². The summed E-state index contributed by atoms with van der Waals surface area (Å²) >= 11 is 0. The Hall–Kier alpha value is -6.38. The van der Waals surface area contributed by atoms with Crippen LogP contribution >= 0.6 is 0 Å².